The maximum absolute atomic E-state index is 13.4. The number of unbranched alkanes of at least 4 members (excludes halogenated alkanes) is 1. The van der Waals surface area contributed by atoms with Gasteiger partial charge in [-0.15, -0.1) is 11.6 Å². The van der Waals surface area contributed by atoms with Gasteiger partial charge >= 0.3 is 5.97 Å². The van der Waals surface area contributed by atoms with E-state index in [0.29, 0.717) is 25.7 Å². The molecule has 0 radical (unpaired) electrons. The van der Waals surface area contributed by atoms with E-state index in [1.165, 1.54) is 6.08 Å². The summed E-state index contributed by atoms with van der Waals surface area (Å²) < 4.78 is 6.07. The number of ketones is 2. The van der Waals surface area contributed by atoms with Gasteiger partial charge in [-0.1, -0.05) is 45.8 Å². The highest BCUT2D eigenvalue weighted by molar-refractivity contribution is 6.26. The number of allylic oxidation sites excluding steroid dienone is 4. The fourth-order valence-electron chi connectivity index (χ4n) is 8.07. The first kappa shape index (κ1) is 25.6. The third kappa shape index (κ3) is 3.17. The van der Waals surface area contributed by atoms with Crippen LogP contribution in [0.4, 0.5) is 0 Å². The predicted octanol–water partition coefficient (Wildman–Crippen LogP) is 3.91. The van der Waals surface area contributed by atoms with Gasteiger partial charge in [0.15, 0.2) is 11.4 Å². The Labute approximate surface area is 206 Å². The number of aliphatic hydroxyl groups excluding tert-OH is 2. The minimum absolute atomic E-state index is 0.0673. The van der Waals surface area contributed by atoms with Gasteiger partial charge in [0, 0.05) is 23.2 Å². The predicted molar refractivity (Wildman–Crippen MR) is 128 cm³/mol. The zero-order valence-corrected chi connectivity index (χ0v) is 21.4. The lowest BCUT2D eigenvalue weighted by atomic mass is 9.45. The van der Waals surface area contributed by atoms with Crippen molar-refractivity contribution in [3.8, 4) is 0 Å². The summed E-state index contributed by atoms with van der Waals surface area (Å²) in [5.41, 5.74) is -2.14. The maximum Gasteiger partial charge on any atom is 0.306 e. The summed E-state index contributed by atoms with van der Waals surface area (Å²) in [6.07, 6.45) is 7.82. The summed E-state index contributed by atoms with van der Waals surface area (Å²) in [7, 11) is 0. The molecule has 3 saturated carbocycles. The molecule has 3 fully saturated rings. The molecular formula is C27H37ClO6. The Kier molecular flexibility index (Phi) is 6.44. The molecule has 0 saturated heterocycles. The van der Waals surface area contributed by atoms with Gasteiger partial charge in [0.25, 0.3) is 0 Å². The molecule has 4 aliphatic carbocycles. The topological polar surface area (TPSA) is 101 Å². The molecule has 34 heavy (non-hydrogen) atoms. The lowest BCUT2D eigenvalue weighted by Crippen LogP contribution is -2.69. The molecule has 0 unspecified atom stereocenters. The minimum atomic E-state index is -1.51. The molecule has 8 atom stereocenters. The third-order valence-electron chi connectivity index (χ3n) is 9.75. The van der Waals surface area contributed by atoms with E-state index in [0.717, 1.165) is 12.0 Å². The van der Waals surface area contributed by atoms with E-state index in [4.69, 9.17) is 16.3 Å². The molecule has 0 bridgehead atoms. The van der Waals surface area contributed by atoms with Gasteiger partial charge in [-0.05, 0) is 56.1 Å². The highest BCUT2D eigenvalue weighted by Crippen LogP contribution is 2.72. The molecule has 0 aromatic carbocycles. The Bertz CT molecular complexity index is 957. The smallest absolute Gasteiger partial charge is 0.306 e. The Balaban J connectivity index is 1.80. The Morgan fingerprint density at radius 2 is 1.97 bits per heavy atom. The van der Waals surface area contributed by atoms with Crippen LogP contribution in [0.1, 0.15) is 72.6 Å². The van der Waals surface area contributed by atoms with Gasteiger partial charge in [-0.25, -0.2) is 0 Å². The highest BCUT2D eigenvalue weighted by atomic mass is 35.5. The number of alkyl halides is 1. The van der Waals surface area contributed by atoms with Crippen LogP contribution in [-0.4, -0.2) is 50.9 Å². The molecule has 7 heteroatoms. The molecule has 188 valence electrons. The number of rotatable bonds is 6. The quantitative estimate of drug-likeness (QED) is 0.430. The van der Waals surface area contributed by atoms with Crippen LogP contribution in [0.25, 0.3) is 0 Å². The summed E-state index contributed by atoms with van der Waals surface area (Å²) in [5.74, 6) is -1.59. The van der Waals surface area contributed by atoms with Gasteiger partial charge in [-0.3, -0.25) is 14.4 Å². The van der Waals surface area contributed by atoms with Crippen LogP contribution in [0.5, 0.6) is 0 Å². The number of hydrogen-bond acceptors (Lipinski definition) is 6. The molecule has 4 aliphatic rings. The number of aliphatic hydroxyl groups is 2. The zero-order valence-electron chi connectivity index (χ0n) is 20.6. The average molecular weight is 493 g/mol. The molecule has 2 N–H and O–H groups in total. The Morgan fingerprint density at radius 3 is 2.62 bits per heavy atom. The second-order valence-corrected chi connectivity index (χ2v) is 11.9. The van der Waals surface area contributed by atoms with E-state index >= 15 is 0 Å². The number of halogens is 1. The van der Waals surface area contributed by atoms with E-state index in [1.54, 1.807) is 6.08 Å². The summed E-state index contributed by atoms with van der Waals surface area (Å²) in [6, 6.07) is 0. The van der Waals surface area contributed by atoms with Crippen molar-refractivity contribution in [2.45, 2.75) is 89.2 Å². The van der Waals surface area contributed by atoms with Gasteiger partial charge < -0.3 is 14.9 Å². The molecule has 0 aromatic heterocycles. The van der Waals surface area contributed by atoms with E-state index in [2.05, 4.69) is 0 Å². The van der Waals surface area contributed by atoms with Crippen LogP contribution >= 0.6 is 11.6 Å². The van der Waals surface area contributed by atoms with Crippen molar-refractivity contribution in [1.29, 1.82) is 0 Å². The Hall–Kier alpha value is -1.50. The lowest BCUT2D eigenvalue weighted by molar-refractivity contribution is -0.203. The van der Waals surface area contributed by atoms with Crippen LogP contribution in [0.3, 0.4) is 0 Å². The number of ether oxygens (including phenoxy) is 1. The zero-order chi connectivity index (χ0) is 25.1. The number of carbonyl (C=O) groups excluding carboxylic acids is 3. The number of hydrogen-bond donors (Lipinski definition) is 2. The first-order valence-corrected chi connectivity index (χ1v) is 13.0. The molecule has 0 aromatic rings. The van der Waals surface area contributed by atoms with E-state index in [9.17, 15) is 24.6 Å². The molecule has 0 aliphatic heterocycles. The third-order valence-corrected chi connectivity index (χ3v) is 10.7. The van der Waals surface area contributed by atoms with Crippen molar-refractivity contribution >= 4 is 29.1 Å². The van der Waals surface area contributed by atoms with Gasteiger partial charge in [-0.2, -0.15) is 0 Å². The Morgan fingerprint density at radius 1 is 1.26 bits per heavy atom. The van der Waals surface area contributed by atoms with Crippen molar-refractivity contribution in [3.05, 3.63) is 23.8 Å². The highest BCUT2D eigenvalue weighted by Gasteiger charge is 2.76. The van der Waals surface area contributed by atoms with Crippen LogP contribution in [0.2, 0.25) is 0 Å². The van der Waals surface area contributed by atoms with Crippen molar-refractivity contribution in [2.24, 2.45) is 28.6 Å². The molecule has 0 amide bonds. The summed E-state index contributed by atoms with van der Waals surface area (Å²) in [4.78, 5) is 37.3. The number of fused-ring (bicyclic) bond motifs is 5. The SMILES string of the molecule is CCCCC(=O)O[C@]1(C(=O)CO)[C@@H](C)C[C@H]2[C@@H]3CCC4=CC(=O)C=C[C@]4(C)[C@@]3(Cl)[C@@H](O)C[C@@]21C. The van der Waals surface area contributed by atoms with Gasteiger partial charge in [0.1, 0.15) is 6.61 Å². The van der Waals surface area contributed by atoms with Crippen LogP contribution in [-0.2, 0) is 19.1 Å². The normalized spacial score (nSPS) is 45.1. The average Bonchev–Trinajstić information content (AvgIpc) is 3.00. The first-order chi connectivity index (χ1) is 15.9. The van der Waals surface area contributed by atoms with Crippen molar-refractivity contribution in [1.82, 2.24) is 0 Å². The van der Waals surface area contributed by atoms with Gasteiger partial charge in [0.2, 0.25) is 5.78 Å². The summed E-state index contributed by atoms with van der Waals surface area (Å²) in [5, 5.41) is 21.7. The standard InChI is InChI=1S/C27H37ClO6/c1-5-6-7-23(33)34-27(22(32)15-29)16(2)12-20-19-9-8-17-13-18(30)10-11-24(17,3)26(19,28)21(31)14-25(20,27)4/h10-11,13,16,19-21,29,31H,5-9,12,14-15H2,1-4H3/t16-,19-,20-,21-,24-,25-,26-,27-/m0/s1. The molecular weight excluding hydrogens is 456 g/mol. The molecule has 0 heterocycles. The summed E-state index contributed by atoms with van der Waals surface area (Å²) >= 11 is 7.45. The lowest BCUT2D eigenvalue weighted by Gasteiger charge is -2.64. The largest absolute Gasteiger partial charge is 0.450 e. The second kappa shape index (κ2) is 8.56. The van der Waals surface area contributed by atoms with Crippen LogP contribution in [0, 0.1) is 28.6 Å². The molecule has 4 rings (SSSR count). The van der Waals surface area contributed by atoms with E-state index in [-0.39, 0.29) is 36.4 Å². The van der Waals surface area contributed by atoms with Crippen LogP contribution in [0.15, 0.2) is 23.8 Å². The maximum atomic E-state index is 13.4. The number of carbonyl (C=O) groups is 3. The van der Waals surface area contributed by atoms with Crippen molar-refractivity contribution in [3.63, 3.8) is 0 Å². The first-order valence-electron chi connectivity index (χ1n) is 12.6. The minimum Gasteiger partial charge on any atom is -0.450 e. The number of esters is 1. The van der Waals surface area contributed by atoms with Crippen LogP contribution < -0.4 is 0 Å². The second-order valence-electron chi connectivity index (χ2n) is 11.3. The van der Waals surface area contributed by atoms with Crippen molar-refractivity contribution < 1.29 is 29.3 Å². The summed E-state index contributed by atoms with van der Waals surface area (Å²) in [6.45, 7) is 7.07. The molecule has 0 spiro atoms. The molecule has 6 nitrogen and oxygen atoms in total. The fourth-order valence-corrected chi connectivity index (χ4v) is 8.59. The monoisotopic (exact) mass is 492 g/mol. The van der Waals surface area contributed by atoms with E-state index in [1.807, 2.05) is 33.8 Å². The van der Waals surface area contributed by atoms with Crippen molar-refractivity contribution in [2.75, 3.05) is 6.61 Å². The fraction of sp³-hybridized carbons (Fsp3) is 0.741. The van der Waals surface area contributed by atoms with Gasteiger partial charge in [0.05, 0.1) is 11.0 Å². The number of Topliss-reactive ketones (excluding diaryl/α,β-unsaturated/α-hetero) is 1. The van der Waals surface area contributed by atoms with E-state index < -0.39 is 45.8 Å².